The van der Waals surface area contributed by atoms with Crippen LogP contribution in [0.5, 0.6) is 0 Å². The van der Waals surface area contributed by atoms with Gasteiger partial charge in [0.15, 0.2) is 0 Å². The second-order valence-electron chi connectivity index (χ2n) is 6.83. The zero-order valence-corrected chi connectivity index (χ0v) is 13.4. The van der Waals surface area contributed by atoms with E-state index in [-0.39, 0.29) is 0 Å². The molecule has 116 valence electrons. The van der Waals surface area contributed by atoms with Gasteiger partial charge in [0, 0.05) is 17.4 Å². The minimum absolute atomic E-state index is 0.446. The molecule has 0 saturated heterocycles. The van der Waals surface area contributed by atoms with Crippen molar-refractivity contribution >= 4 is 17.5 Å². The van der Waals surface area contributed by atoms with E-state index in [9.17, 15) is 4.79 Å². The average molecular weight is 290 g/mol. The molecule has 1 aliphatic carbocycles. The number of rotatable bonds is 3. The van der Waals surface area contributed by atoms with Crippen LogP contribution in [0.4, 0.5) is 16.2 Å². The Labute approximate surface area is 127 Å². The van der Waals surface area contributed by atoms with Crippen molar-refractivity contribution in [2.24, 2.45) is 11.3 Å². The van der Waals surface area contributed by atoms with Crippen LogP contribution in [0.1, 0.15) is 40.0 Å². The van der Waals surface area contributed by atoms with Crippen LogP contribution in [0.3, 0.4) is 0 Å². The number of carbonyl (C=O) groups is 1. The van der Waals surface area contributed by atoms with Crippen LogP contribution in [0.15, 0.2) is 24.3 Å². The van der Waals surface area contributed by atoms with E-state index >= 15 is 0 Å². The van der Waals surface area contributed by atoms with Crippen LogP contribution in [0.2, 0.25) is 0 Å². The number of methoxy groups -OCH3 is 1. The van der Waals surface area contributed by atoms with Gasteiger partial charge < -0.3 is 10.1 Å². The van der Waals surface area contributed by atoms with Crippen LogP contribution >= 0.6 is 0 Å². The standard InChI is InChI=1S/C17H26N2O2/c1-12-11-17(2,3)10-9-15(12)18-13-5-7-14(8-6-13)19-16(20)21-4/h5-8,12,15,18H,9-11H2,1-4H3,(H,19,20). The van der Waals surface area contributed by atoms with Gasteiger partial charge >= 0.3 is 6.09 Å². The summed E-state index contributed by atoms with van der Waals surface area (Å²) in [5, 5.41) is 6.27. The molecule has 1 fully saturated rings. The lowest BCUT2D eigenvalue weighted by atomic mass is 9.70. The van der Waals surface area contributed by atoms with Crippen LogP contribution in [-0.4, -0.2) is 19.2 Å². The van der Waals surface area contributed by atoms with E-state index in [0.29, 0.717) is 17.4 Å². The highest BCUT2D eigenvalue weighted by Gasteiger charge is 2.32. The topological polar surface area (TPSA) is 50.4 Å². The fourth-order valence-corrected chi connectivity index (χ4v) is 3.19. The van der Waals surface area contributed by atoms with Crippen molar-refractivity contribution < 1.29 is 9.53 Å². The maximum Gasteiger partial charge on any atom is 0.411 e. The van der Waals surface area contributed by atoms with Crippen molar-refractivity contribution in [1.29, 1.82) is 0 Å². The summed E-state index contributed by atoms with van der Waals surface area (Å²) in [4.78, 5) is 11.1. The Morgan fingerprint density at radius 3 is 2.43 bits per heavy atom. The Morgan fingerprint density at radius 2 is 1.86 bits per heavy atom. The van der Waals surface area contributed by atoms with E-state index in [2.05, 4.69) is 36.1 Å². The summed E-state index contributed by atoms with van der Waals surface area (Å²) < 4.78 is 4.57. The molecule has 1 aromatic carbocycles. The summed E-state index contributed by atoms with van der Waals surface area (Å²) in [5.74, 6) is 0.668. The predicted octanol–water partition coefficient (Wildman–Crippen LogP) is 4.49. The first-order chi connectivity index (χ1) is 9.89. The normalized spacial score (nSPS) is 24.2. The van der Waals surface area contributed by atoms with Crippen molar-refractivity contribution in [2.45, 2.75) is 46.1 Å². The van der Waals surface area contributed by atoms with Gasteiger partial charge in [-0.15, -0.1) is 0 Å². The van der Waals surface area contributed by atoms with Crippen molar-refractivity contribution in [2.75, 3.05) is 17.7 Å². The number of amides is 1. The van der Waals surface area contributed by atoms with Crippen LogP contribution in [0, 0.1) is 11.3 Å². The van der Waals surface area contributed by atoms with Gasteiger partial charge in [-0.05, 0) is 54.9 Å². The van der Waals surface area contributed by atoms with E-state index < -0.39 is 6.09 Å². The Kier molecular flexibility index (Phi) is 4.76. The minimum Gasteiger partial charge on any atom is -0.453 e. The molecule has 0 bridgehead atoms. The third-order valence-corrected chi connectivity index (χ3v) is 4.36. The molecule has 0 aromatic heterocycles. The largest absolute Gasteiger partial charge is 0.453 e. The lowest BCUT2D eigenvalue weighted by Crippen LogP contribution is -2.36. The number of nitrogens with one attached hydrogen (secondary N) is 2. The molecule has 4 nitrogen and oxygen atoms in total. The molecule has 4 heteroatoms. The number of carbonyl (C=O) groups excluding carboxylic acids is 1. The van der Waals surface area contributed by atoms with E-state index in [1.807, 2.05) is 24.3 Å². The molecule has 21 heavy (non-hydrogen) atoms. The second-order valence-corrected chi connectivity index (χ2v) is 6.83. The molecule has 1 amide bonds. The summed E-state index contributed by atoms with van der Waals surface area (Å²) in [6.07, 6.45) is 3.28. The van der Waals surface area contributed by atoms with Gasteiger partial charge in [0.1, 0.15) is 0 Å². The highest BCUT2D eigenvalue weighted by molar-refractivity contribution is 5.84. The molecule has 0 heterocycles. The van der Waals surface area contributed by atoms with E-state index in [1.54, 1.807) is 0 Å². The van der Waals surface area contributed by atoms with Gasteiger partial charge in [0.05, 0.1) is 7.11 Å². The maximum absolute atomic E-state index is 11.1. The number of anilines is 2. The number of hydrogen-bond acceptors (Lipinski definition) is 3. The summed E-state index contributed by atoms with van der Waals surface area (Å²) in [7, 11) is 1.36. The minimum atomic E-state index is -0.446. The van der Waals surface area contributed by atoms with Gasteiger partial charge in [0.25, 0.3) is 0 Å². The first kappa shape index (κ1) is 15.7. The molecule has 1 aromatic rings. The van der Waals surface area contributed by atoms with Gasteiger partial charge in [-0.3, -0.25) is 5.32 Å². The highest BCUT2D eigenvalue weighted by Crippen LogP contribution is 2.39. The third kappa shape index (κ3) is 4.38. The zero-order chi connectivity index (χ0) is 15.5. The van der Waals surface area contributed by atoms with Gasteiger partial charge in [-0.2, -0.15) is 0 Å². The fraction of sp³-hybridized carbons (Fsp3) is 0.588. The molecule has 2 atom stereocenters. The number of ether oxygens (including phenoxy) is 1. The quantitative estimate of drug-likeness (QED) is 0.862. The lowest BCUT2D eigenvalue weighted by molar-refractivity contribution is 0.177. The fourth-order valence-electron chi connectivity index (χ4n) is 3.19. The van der Waals surface area contributed by atoms with Crippen LogP contribution < -0.4 is 10.6 Å². The van der Waals surface area contributed by atoms with Crippen molar-refractivity contribution in [1.82, 2.24) is 0 Å². The number of hydrogen-bond donors (Lipinski definition) is 2. The first-order valence-electron chi connectivity index (χ1n) is 7.61. The Hall–Kier alpha value is -1.71. The maximum atomic E-state index is 11.1. The summed E-state index contributed by atoms with van der Waals surface area (Å²) in [5.41, 5.74) is 2.30. The Balaban J connectivity index is 1.93. The summed E-state index contributed by atoms with van der Waals surface area (Å²) in [6.45, 7) is 7.03. The smallest absolute Gasteiger partial charge is 0.411 e. The van der Waals surface area contributed by atoms with Crippen LogP contribution in [-0.2, 0) is 4.74 Å². The van der Waals surface area contributed by atoms with Gasteiger partial charge in [-0.25, -0.2) is 4.79 Å². The van der Waals surface area contributed by atoms with E-state index in [0.717, 1.165) is 11.4 Å². The molecule has 2 unspecified atom stereocenters. The SMILES string of the molecule is COC(=O)Nc1ccc(NC2CCC(C)(C)CC2C)cc1. The van der Waals surface area contributed by atoms with Gasteiger partial charge in [0.2, 0.25) is 0 Å². The Morgan fingerprint density at radius 1 is 1.24 bits per heavy atom. The van der Waals surface area contributed by atoms with Gasteiger partial charge in [-0.1, -0.05) is 20.8 Å². The molecule has 2 rings (SSSR count). The van der Waals surface area contributed by atoms with Crippen molar-refractivity contribution in [3.05, 3.63) is 24.3 Å². The molecular weight excluding hydrogens is 264 g/mol. The second kappa shape index (κ2) is 6.37. The van der Waals surface area contributed by atoms with Crippen molar-refractivity contribution in [3.8, 4) is 0 Å². The first-order valence-corrected chi connectivity index (χ1v) is 7.61. The predicted molar refractivity (Wildman–Crippen MR) is 86.7 cm³/mol. The molecule has 1 aliphatic rings. The average Bonchev–Trinajstić information content (AvgIpc) is 2.43. The van der Waals surface area contributed by atoms with E-state index in [1.165, 1.54) is 26.4 Å². The summed E-state index contributed by atoms with van der Waals surface area (Å²) in [6, 6.07) is 8.29. The third-order valence-electron chi connectivity index (χ3n) is 4.36. The highest BCUT2D eigenvalue weighted by atomic mass is 16.5. The molecule has 2 N–H and O–H groups in total. The van der Waals surface area contributed by atoms with Crippen molar-refractivity contribution in [3.63, 3.8) is 0 Å². The molecule has 0 radical (unpaired) electrons. The molecular formula is C17H26N2O2. The molecule has 0 spiro atoms. The number of benzene rings is 1. The molecule has 1 saturated carbocycles. The summed E-state index contributed by atoms with van der Waals surface area (Å²) >= 11 is 0. The monoisotopic (exact) mass is 290 g/mol. The van der Waals surface area contributed by atoms with E-state index in [4.69, 9.17) is 0 Å². The lowest BCUT2D eigenvalue weighted by Gasteiger charge is -2.40. The zero-order valence-electron chi connectivity index (χ0n) is 13.4. The Bertz CT molecular complexity index is 482. The van der Waals surface area contributed by atoms with Crippen LogP contribution in [0.25, 0.3) is 0 Å². The molecule has 0 aliphatic heterocycles.